The van der Waals surface area contributed by atoms with Gasteiger partial charge in [-0.3, -0.25) is 9.78 Å². The summed E-state index contributed by atoms with van der Waals surface area (Å²) in [6, 6.07) is 8.70. The van der Waals surface area contributed by atoms with Gasteiger partial charge in [-0.05, 0) is 56.5 Å². The van der Waals surface area contributed by atoms with Gasteiger partial charge in [-0.2, -0.15) is 13.2 Å². The van der Waals surface area contributed by atoms with Gasteiger partial charge in [0.05, 0.1) is 22.9 Å². The molecule has 3 aromatic rings. The molecule has 3 aromatic heterocycles. The Bertz CT molecular complexity index is 1260. The van der Waals surface area contributed by atoms with Gasteiger partial charge in [0.2, 0.25) is 12.3 Å². The first-order valence-corrected chi connectivity index (χ1v) is 12.3. The van der Waals surface area contributed by atoms with Crippen LogP contribution in [-0.4, -0.2) is 47.6 Å². The van der Waals surface area contributed by atoms with E-state index >= 15 is 0 Å². The highest BCUT2D eigenvalue weighted by Crippen LogP contribution is 2.43. The molecule has 1 aliphatic heterocycles. The molecule has 11 heteroatoms. The number of nitrogens with one attached hydrogen (secondary N) is 1. The van der Waals surface area contributed by atoms with Crippen LogP contribution in [-0.2, 0) is 16.4 Å². The third-order valence-corrected chi connectivity index (χ3v) is 7.01. The van der Waals surface area contributed by atoms with E-state index in [-0.39, 0.29) is 10.8 Å². The maximum Gasteiger partial charge on any atom is 0.421 e. The number of anilines is 1. The van der Waals surface area contributed by atoms with Crippen LogP contribution in [0.1, 0.15) is 36.6 Å². The van der Waals surface area contributed by atoms with Crippen molar-refractivity contribution in [3.63, 3.8) is 0 Å². The summed E-state index contributed by atoms with van der Waals surface area (Å²) >= 11 is 5.91. The molecule has 1 aliphatic rings. The number of hydrogen-bond acceptors (Lipinski definition) is 6. The lowest BCUT2D eigenvalue weighted by molar-refractivity contribution is -0.137. The average molecular weight is 534 g/mol. The molecule has 0 radical (unpaired) electrons. The number of carbonyl (C=O) groups is 1. The Morgan fingerprint density at radius 3 is 2.57 bits per heavy atom. The molecule has 37 heavy (non-hydrogen) atoms. The second-order valence-corrected chi connectivity index (χ2v) is 9.28. The Hall–Kier alpha value is -3.40. The maximum atomic E-state index is 13.7. The number of ether oxygens (including phenoxy) is 1. The van der Waals surface area contributed by atoms with Crippen molar-refractivity contribution in [1.29, 1.82) is 0 Å². The Morgan fingerprint density at radius 2 is 1.92 bits per heavy atom. The van der Waals surface area contributed by atoms with Crippen molar-refractivity contribution in [2.24, 2.45) is 0 Å². The van der Waals surface area contributed by atoms with E-state index in [1.807, 2.05) is 38.1 Å². The molecule has 1 amide bonds. The Balaban J connectivity index is 1.65. The summed E-state index contributed by atoms with van der Waals surface area (Å²) < 4.78 is 46.8. The van der Waals surface area contributed by atoms with Crippen LogP contribution >= 0.6 is 11.6 Å². The summed E-state index contributed by atoms with van der Waals surface area (Å²) in [6.45, 7) is 5.18. The van der Waals surface area contributed by atoms with Gasteiger partial charge in [0.15, 0.2) is 0 Å². The van der Waals surface area contributed by atoms with Gasteiger partial charge in [0.25, 0.3) is 0 Å². The number of amides is 1. The fourth-order valence-corrected chi connectivity index (χ4v) is 5.21. The number of piperidine rings is 1. The first kappa shape index (κ1) is 26.7. The van der Waals surface area contributed by atoms with Gasteiger partial charge >= 0.3 is 6.18 Å². The molecular weight excluding hydrogens is 507 g/mol. The summed E-state index contributed by atoms with van der Waals surface area (Å²) in [5.74, 6) is 0.312. The van der Waals surface area contributed by atoms with Crippen molar-refractivity contribution in [2.75, 3.05) is 31.1 Å². The van der Waals surface area contributed by atoms with E-state index in [0.29, 0.717) is 57.1 Å². The normalized spacial score (nSPS) is 15.4. The molecule has 1 saturated heterocycles. The first-order chi connectivity index (χ1) is 17.7. The van der Waals surface area contributed by atoms with Crippen LogP contribution in [0.4, 0.5) is 19.0 Å². The lowest BCUT2D eigenvalue weighted by Crippen LogP contribution is -2.49. The quantitative estimate of drug-likeness (QED) is 0.401. The molecule has 0 atom stereocenters. The van der Waals surface area contributed by atoms with Crippen molar-refractivity contribution in [1.82, 2.24) is 20.3 Å². The summed E-state index contributed by atoms with van der Waals surface area (Å²) in [7, 11) is 0. The lowest BCUT2D eigenvalue weighted by Gasteiger charge is -2.43. The number of nitrogens with zero attached hydrogens (tertiary/aromatic N) is 4. The minimum atomic E-state index is -4.63. The third kappa shape index (κ3) is 5.49. The van der Waals surface area contributed by atoms with Crippen molar-refractivity contribution in [2.45, 2.75) is 38.3 Å². The number of alkyl halides is 3. The number of aromatic nitrogens is 3. The fraction of sp³-hybridized carbons (Fsp3) is 0.385. The highest BCUT2D eigenvalue weighted by molar-refractivity contribution is 6.31. The molecule has 1 fully saturated rings. The van der Waals surface area contributed by atoms with Crippen LogP contribution in [0, 0.1) is 6.92 Å². The zero-order valence-electron chi connectivity index (χ0n) is 20.5. The van der Waals surface area contributed by atoms with Crippen LogP contribution in [0.5, 0.6) is 5.88 Å². The number of carbonyl (C=O) groups excluding carboxylic acids is 1. The van der Waals surface area contributed by atoms with Crippen molar-refractivity contribution in [3.8, 4) is 17.1 Å². The maximum absolute atomic E-state index is 13.7. The number of halogens is 4. The highest BCUT2D eigenvalue weighted by Gasteiger charge is 2.42. The smallest absolute Gasteiger partial charge is 0.421 e. The SMILES string of the molecule is CCOc1ncccc1-c1ccc(C2(CNC=O)CCN(c3nccc(Cl)c3C(F)(F)F)CC2)c(C)n1. The predicted octanol–water partition coefficient (Wildman–Crippen LogP) is 5.20. The Kier molecular flexibility index (Phi) is 7.87. The van der Waals surface area contributed by atoms with Crippen molar-refractivity contribution < 1.29 is 22.7 Å². The molecule has 0 aliphatic carbocycles. The number of pyridine rings is 3. The molecular formula is C26H27ClF3N5O2. The molecule has 0 aromatic carbocycles. The molecule has 0 spiro atoms. The van der Waals surface area contributed by atoms with E-state index in [1.165, 1.54) is 6.20 Å². The van der Waals surface area contributed by atoms with Gasteiger partial charge < -0.3 is 15.0 Å². The minimum absolute atomic E-state index is 0.179. The first-order valence-electron chi connectivity index (χ1n) is 11.9. The second kappa shape index (κ2) is 10.9. The minimum Gasteiger partial charge on any atom is -0.477 e. The van der Waals surface area contributed by atoms with Gasteiger partial charge in [-0.1, -0.05) is 17.7 Å². The number of hydrogen-bond donors (Lipinski definition) is 1. The lowest BCUT2D eigenvalue weighted by atomic mass is 9.72. The van der Waals surface area contributed by atoms with E-state index in [9.17, 15) is 18.0 Å². The van der Waals surface area contributed by atoms with Crippen LogP contribution in [0.3, 0.4) is 0 Å². The van der Waals surface area contributed by atoms with Crippen molar-refractivity contribution in [3.05, 3.63) is 64.6 Å². The van der Waals surface area contributed by atoms with Crippen LogP contribution < -0.4 is 15.0 Å². The Morgan fingerprint density at radius 1 is 1.16 bits per heavy atom. The molecule has 0 bridgehead atoms. The molecule has 196 valence electrons. The number of aryl methyl sites for hydroxylation is 1. The monoisotopic (exact) mass is 533 g/mol. The topological polar surface area (TPSA) is 80.2 Å². The highest BCUT2D eigenvalue weighted by atomic mass is 35.5. The zero-order valence-corrected chi connectivity index (χ0v) is 21.2. The molecule has 0 unspecified atom stereocenters. The van der Waals surface area contributed by atoms with Gasteiger partial charge in [-0.25, -0.2) is 9.97 Å². The van der Waals surface area contributed by atoms with E-state index < -0.39 is 17.2 Å². The van der Waals surface area contributed by atoms with Crippen LogP contribution in [0.15, 0.2) is 42.7 Å². The predicted molar refractivity (Wildman–Crippen MR) is 135 cm³/mol. The van der Waals surface area contributed by atoms with Crippen molar-refractivity contribution >= 4 is 23.8 Å². The second-order valence-electron chi connectivity index (χ2n) is 8.87. The molecule has 0 saturated carbocycles. The summed E-state index contributed by atoms with van der Waals surface area (Å²) in [6.07, 6.45) is -0.0869. The zero-order chi connectivity index (χ0) is 26.6. The van der Waals surface area contributed by atoms with Gasteiger partial charge in [0.1, 0.15) is 11.4 Å². The van der Waals surface area contributed by atoms with Crippen LogP contribution in [0.2, 0.25) is 5.02 Å². The molecule has 1 N–H and O–H groups in total. The Labute approximate surface area is 218 Å². The standard InChI is InChI=1S/C26H27ClF3N5O2/c1-3-37-24-18(5-4-11-33-24)21-7-6-19(17(2)34-21)25(15-31-16-36)9-13-35(14-10-25)23-22(26(28,29)30)20(27)8-12-32-23/h4-8,11-12,16H,3,9-10,13-15H2,1-2H3,(H,31,36). The van der Waals surface area contributed by atoms with E-state index in [1.54, 1.807) is 11.1 Å². The van der Waals surface area contributed by atoms with Gasteiger partial charge in [-0.15, -0.1) is 0 Å². The van der Waals surface area contributed by atoms with Crippen LogP contribution in [0.25, 0.3) is 11.3 Å². The average Bonchev–Trinajstić information content (AvgIpc) is 2.87. The fourth-order valence-electron chi connectivity index (χ4n) is 4.96. The summed E-state index contributed by atoms with van der Waals surface area (Å²) in [5, 5.41) is 2.40. The largest absolute Gasteiger partial charge is 0.477 e. The van der Waals surface area contributed by atoms with E-state index in [4.69, 9.17) is 21.3 Å². The van der Waals surface area contributed by atoms with E-state index in [0.717, 1.165) is 22.9 Å². The summed E-state index contributed by atoms with van der Waals surface area (Å²) in [4.78, 5) is 26.0. The van der Waals surface area contributed by atoms with E-state index in [2.05, 4.69) is 15.3 Å². The number of rotatable bonds is 8. The van der Waals surface area contributed by atoms with Gasteiger partial charge in [0, 0.05) is 43.1 Å². The third-order valence-electron chi connectivity index (χ3n) is 6.69. The molecule has 4 rings (SSSR count). The molecule has 4 heterocycles. The molecule has 7 nitrogen and oxygen atoms in total. The summed E-state index contributed by atoms with van der Waals surface area (Å²) in [5.41, 5.74) is 1.72.